The molecule has 44 heteroatoms. The molecule has 4 fully saturated rings. The number of carbonyl (C=O) groups excluding carboxylic acids is 6. The van der Waals surface area contributed by atoms with Gasteiger partial charge in [-0.3, -0.25) is 28.8 Å². The van der Waals surface area contributed by atoms with Gasteiger partial charge in [-0.1, -0.05) is 45.9 Å². The first kappa shape index (κ1) is 96.5. The first-order valence-electron chi connectivity index (χ1n) is 29.9. The van der Waals surface area contributed by atoms with Crippen molar-refractivity contribution in [1.82, 2.24) is 20.0 Å². The third kappa shape index (κ3) is 31.4. The molecule has 1 N–H and O–H groups in total. The summed E-state index contributed by atoms with van der Waals surface area (Å²) >= 11 is 4.81. The van der Waals surface area contributed by atoms with Gasteiger partial charge in [0.05, 0.1) is 115 Å². The molecule has 3 unspecified atom stereocenters. The summed E-state index contributed by atoms with van der Waals surface area (Å²) in [5.74, 6) is -12.0. The molecule has 0 bridgehead atoms. The number of hydrogen-bond donors (Lipinski definition) is 1. The Kier molecular flexibility index (Phi) is 34.4. The lowest BCUT2D eigenvalue weighted by atomic mass is 9.93. The van der Waals surface area contributed by atoms with Crippen LogP contribution in [-0.4, -0.2) is 120 Å². The highest BCUT2D eigenvalue weighted by molar-refractivity contribution is 14.1. The summed E-state index contributed by atoms with van der Waals surface area (Å²) in [5, 5.41) is 19.9. The molecule has 3 atom stereocenters. The second kappa shape index (κ2) is 38.9. The van der Waals surface area contributed by atoms with Crippen LogP contribution in [0.25, 0.3) is 0 Å². The predicted molar refractivity (Wildman–Crippen MR) is 337 cm³/mol. The first-order chi connectivity index (χ1) is 49.2. The Hall–Kier alpha value is -8.59. The van der Waals surface area contributed by atoms with Crippen molar-refractivity contribution < 1.29 is 161 Å². The molecule has 8 rings (SSSR count). The van der Waals surface area contributed by atoms with Crippen LogP contribution < -0.4 is 5.32 Å². The van der Waals surface area contributed by atoms with Gasteiger partial charge < -0.3 is 29.5 Å². The van der Waals surface area contributed by atoms with Crippen molar-refractivity contribution in [1.29, 1.82) is 10.5 Å². The summed E-state index contributed by atoms with van der Waals surface area (Å²) < 4.78 is 365. The van der Waals surface area contributed by atoms with Crippen LogP contribution in [0.3, 0.4) is 0 Å². The van der Waals surface area contributed by atoms with E-state index >= 15 is 0 Å². The van der Waals surface area contributed by atoms with Gasteiger partial charge in [0.1, 0.15) is 5.33 Å². The number of rotatable bonds is 12. The zero-order valence-corrected chi connectivity index (χ0v) is 58.2. The highest BCUT2D eigenvalue weighted by atomic mass is 127. The van der Waals surface area contributed by atoms with Gasteiger partial charge in [0, 0.05) is 56.1 Å². The van der Waals surface area contributed by atoms with Gasteiger partial charge in [0.25, 0.3) is 11.8 Å². The van der Waals surface area contributed by atoms with Gasteiger partial charge in [-0.2, -0.15) is 116 Å². The van der Waals surface area contributed by atoms with Crippen molar-refractivity contribution >= 4 is 74.1 Å². The number of halogens is 30. The third-order valence-electron chi connectivity index (χ3n) is 14.4. The molecule has 0 aromatic heterocycles. The van der Waals surface area contributed by atoms with Crippen molar-refractivity contribution in [3.8, 4) is 12.1 Å². The van der Waals surface area contributed by atoms with E-state index in [9.17, 15) is 152 Å². The average Bonchev–Trinajstić information content (AvgIpc) is 1.77. The average molecular weight is 1790 g/mol. The Morgan fingerprint density at radius 1 is 0.541 bits per heavy atom. The molecule has 4 aliphatic heterocycles. The van der Waals surface area contributed by atoms with Crippen molar-refractivity contribution in [2.24, 2.45) is 0 Å². The molecule has 0 radical (unpaired) electrons. The van der Waals surface area contributed by atoms with Crippen LogP contribution in [0.1, 0.15) is 125 Å². The fourth-order valence-corrected chi connectivity index (χ4v) is 9.81. The number of hydrogen-bond acceptors (Lipinski definition) is 10. The molecule has 4 aliphatic rings. The van der Waals surface area contributed by atoms with E-state index in [-0.39, 0.29) is 98.7 Å². The molecule has 4 heterocycles. The monoisotopic (exact) mass is 1790 g/mol. The molecular formula is C65H56BrF28IN6O8. The molecule has 4 aromatic carbocycles. The molecule has 14 nitrogen and oxygen atoms in total. The smallest absolute Gasteiger partial charge is 0.416 e. The lowest BCUT2D eigenvalue weighted by molar-refractivity contribution is -0.161. The Morgan fingerprint density at radius 2 is 0.881 bits per heavy atom. The minimum Gasteiger partial charge on any atom is -0.466 e. The van der Waals surface area contributed by atoms with E-state index in [0.29, 0.717) is 60.5 Å². The first-order valence-corrected chi connectivity index (χ1v) is 32.2. The Bertz CT molecular complexity index is 3820. The highest BCUT2D eigenvalue weighted by Crippen LogP contribution is 2.44. The Balaban J connectivity index is 0.000000464. The quantitative estimate of drug-likeness (QED) is 0.0469. The van der Waals surface area contributed by atoms with Crippen LogP contribution >= 0.6 is 38.5 Å². The van der Waals surface area contributed by atoms with Gasteiger partial charge >= 0.3 is 61.3 Å². The topological polar surface area (TPSA) is 190 Å². The van der Waals surface area contributed by atoms with Crippen molar-refractivity contribution in [2.75, 3.05) is 57.8 Å². The summed E-state index contributed by atoms with van der Waals surface area (Å²) in [5.41, 5.74) is -12.9. The van der Waals surface area contributed by atoms with Crippen LogP contribution in [0, 0.1) is 22.7 Å². The van der Waals surface area contributed by atoms with Gasteiger partial charge in [-0.15, -0.1) is 0 Å². The predicted octanol–water partition coefficient (Wildman–Crippen LogP) is 18.4. The van der Waals surface area contributed by atoms with Crippen molar-refractivity contribution in [3.63, 3.8) is 0 Å². The standard InChI is InChI=1S/C18H14F8N2O2.C14H11F6NO2.C12H9F6NO.C10H5F6N.C6H6F2INO.C4H7BrO2.CH4/c19-16(20)8-28(9-16)14(29)1-2-27-7-11(5-15(27)30)10-3-12(17(21,22)23)6-13(4-10)18(24,25)26;1-2-23-12(22)5-9(7-21)8-3-10(13(15,16)17)6-11(4-8)14(18,19)20;13-11(14,15)8-1-6(7-3-10(20)19-5-7)2-9(4-8)12(16,17)18;11-9(12,13)7-3-6(1-2-17)4-8(5-7)10(14,15)16;7-6(8)3-10(4-6)5(11)1-2-9;1-2-7-4(6)3-5;/h1-4,6,11H,5,7-9H2;3-4,6,9H,2,5H2,1H3;1-2,4,7H,3,5H2,(H,19,20);3-5H,1H2;1-2H,3-4H2;2-3H2,1H3;1H4/b2-1+;;;;2-1-;;. The Labute approximate surface area is 621 Å². The number of likely N-dealkylation sites (tertiary alicyclic amines) is 3. The summed E-state index contributed by atoms with van der Waals surface area (Å²) in [6.45, 7) is 1.08. The second-order valence-electron chi connectivity index (χ2n) is 22.8. The summed E-state index contributed by atoms with van der Waals surface area (Å²) in [6.07, 6.45) is -38.0. The fraction of sp³-hybridized carbons (Fsp3) is 0.446. The van der Waals surface area contributed by atoms with Crippen LogP contribution in [0.5, 0.6) is 0 Å². The van der Waals surface area contributed by atoms with Crippen LogP contribution in [0.2, 0.25) is 0 Å². The third-order valence-corrected chi connectivity index (χ3v) is 15.2. The number of nitrogens with zero attached hydrogens (tertiary/aromatic N) is 5. The zero-order chi connectivity index (χ0) is 82.9. The number of esters is 2. The molecule has 4 aromatic rings. The normalized spacial score (nSPS) is 17.2. The molecule has 4 saturated heterocycles. The lowest BCUT2D eigenvalue weighted by Gasteiger charge is -2.38. The molecular weight excluding hydrogens is 1730 g/mol. The summed E-state index contributed by atoms with van der Waals surface area (Å²) in [4.78, 5) is 70.1. The van der Waals surface area contributed by atoms with E-state index in [1.54, 1.807) is 6.92 Å². The molecule has 0 saturated carbocycles. The number of ether oxygens (including phenoxy) is 2. The molecule has 0 aliphatic carbocycles. The molecule has 0 spiro atoms. The van der Waals surface area contributed by atoms with Crippen LogP contribution in [0.15, 0.2) is 95.2 Å². The van der Waals surface area contributed by atoms with E-state index in [2.05, 4.69) is 30.7 Å². The Morgan fingerprint density at radius 3 is 1.17 bits per heavy atom. The van der Waals surface area contributed by atoms with E-state index in [1.165, 1.54) is 29.2 Å². The summed E-state index contributed by atoms with van der Waals surface area (Å²) in [7, 11) is 0. The minimum absolute atomic E-state index is 0. The fourth-order valence-electron chi connectivity index (χ4n) is 9.34. The van der Waals surface area contributed by atoms with Gasteiger partial charge in [-0.25, -0.2) is 17.6 Å². The lowest BCUT2D eigenvalue weighted by Crippen LogP contribution is -2.58. The minimum atomic E-state index is -5.01. The van der Waals surface area contributed by atoms with Gasteiger partial charge in [-0.05, 0) is 113 Å². The van der Waals surface area contributed by atoms with Crippen molar-refractivity contribution in [2.45, 2.75) is 126 Å². The maximum absolute atomic E-state index is 13.0. The van der Waals surface area contributed by atoms with Crippen molar-refractivity contribution in [3.05, 3.63) is 162 Å². The van der Waals surface area contributed by atoms with E-state index < -0.39 is 186 Å². The molecule has 109 heavy (non-hydrogen) atoms. The number of alkyl halides is 29. The van der Waals surface area contributed by atoms with Crippen LogP contribution in [-0.2, 0) is 94.1 Å². The number of nitrogens with one attached hydrogen (secondary N) is 1. The SMILES string of the molecule is C.CCOC(=O)CBr.CCOC(=O)CC(C#N)c1cc(C(F)(F)F)cc(C(F)(F)F)c1.N#CCc1cc(C(F)(F)F)cc(C(F)(F)F)c1.O=C(/C=C\I)N1CC(F)(F)C1.O=C1CC(c2cc(C(F)(F)F)cc(C(F)(F)F)c2)CN1.O=C1CC(c2cc(C(F)(F)F)cc(C(F)(F)F)c2)CN1/C=C/C(=O)N1CC(F)(F)C1. The summed E-state index contributed by atoms with van der Waals surface area (Å²) in [6, 6.07) is 7.51. The number of amides is 4. The van der Waals surface area contributed by atoms with Crippen LogP contribution in [0.4, 0.5) is 123 Å². The maximum Gasteiger partial charge on any atom is 0.416 e. The number of carbonyl (C=O) groups is 6. The molecule has 604 valence electrons. The number of nitriles is 2. The zero-order valence-electron chi connectivity index (χ0n) is 54.5. The number of benzene rings is 4. The largest absolute Gasteiger partial charge is 0.466 e. The molecule has 4 amide bonds. The van der Waals surface area contributed by atoms with Gasteiger partial charge in [0.2, 0.25) is 23.6 Å². The second-order valence-corrected chi connectivity index (χ2v) is 24.0. The van der Waals surface area contributed by atoms with E-state index in [1.807, 2.05) is 22.6 Å². The maximum atomic E-state index is 13.0. The van der Waals surface area contributed by atoms with E-state index in [4.69, 9.17) is 10.5 Å². The highest BCUT2D eigenvalue weighted by Gasteiger charge is 2.48. The van der Waals surface area contributed by atoms with Gasteiger partial charge in [0.15, 0.2) is 0 Å². The van der Waals surface area contributed by atoms with E-state index in [0.717, 1.165) is 27.0 Å².